The molecular formula is C12H18O6. The van der Waals surface area contributed by atoms with E-state index in [0.29, 0.717) is 0 Å². The minimum Gasteiger partial charge on any atom is -0.455 e. The maximum Gasteiger partial charge on any atom is 0.338 e. The molecule has 18 heavy (non-hydrogen) atoms. The van der Waals surface area contributed by atoms with Crippen LogP contribution in [0.25, 0.3) is 0 Å². The van der Waals surface area contributed by atoms with Gasteiger partial charge in [0.05, 0.1) is 6.61 Å². The van der Waals surface area contributed by atoms with Gasteiger partial charge in [0.15, 0.2) is 18.0 Å². The van der Waals surface area contributed by atoms with Crippen LogP contribution in [0, 0.1) is 0 Å². The van der Waals surface area contributed by atoms with Gasteiger partial charge in [-0.3, -0.25) is 0 Å². The number of cyclic esters (lactones) is 1. The molecule has 3 rings (SSSR count). The molecule has 1 aliphatic carbocycles. The van der Waals surface area contributed by atoms with Crippen molar-refractivity contribution in [3.63, 3.8) is 0 Å². The van der Waals surface area contributed by atoms with Crippen LogP contribution < -0.4 is 0 Å². The molecule has 0 aromatic heterocycles. The van der Waals surface area contributed by atoms with Gasteiger partial charge in [0.1, 0.15) is 12.2 Å². The van der Waals surface area contributed by atoms with Crippen molar-refractivity contribution >= 4 is 5.97 Å². The van der Waals surface area contributed by atoms with Gasteiger partial charge in [-0.15, -0.1) is 0 Å². The lowest BCUT2D eigenvalue weighted by molar-refractivity contribution is -0.222. The number of ether oxygens (including phenoxy) is 3. The van der Waals surface area contributed by atoms with E-state index < -0.39 is 42.8 Å². The van der Waals surface area contributed by atoms with Gasteiger partial charge in [0.2, 0.25) is 0 Å². The third kappa shape index (κ3) is 1.84. The second-order valence-corrected chi connectivity index (χ2v) is 5.24. The Labute approximate surface area is 105 Å². The molecule has 1 spiro atoms. The molecule has 6 heteroatoms. The molecule has 0 bridgehead atoms. The molecule has 3 fully saturated rings. The summed E-state index contributed by atoms with van der Waals surface area (Å²) in [5.74, 6) is -1.18. The number of aliphatic hydroxyl groups is 2. The lowest BCUT2D eigenvalue weighted by Gasteiger charge is -2.33. The van der Waals surface area contributed by atoms with Gasteiger partial charge in [0.25, 0.3) is 0 Å². The lowest BCUT2D eigenvalue weighted by Crippen LogP contribution is -2.41. The summed E-state index contributed by atoms with van der Waals surface area (Å²) in [7, 11) is 0. The summed E-state index contributed by atoms with van der Waals surface area (Å²) in [5.41, 5.74) is 0. The Hall–Kier alpha value is -0.690. The van der Waals surface area contributed by atoms with Crippen molar-refractivity contribution in [1.82, 2.24) is 0 Å². The van der Waals surface area contributed by atoms with Crippen LogP contribution in [0.4, 0.5) is 0 Å². The highest BCUT2D eigenvalue weighted by Crippen LogP contribution is 2.44. The van der Waals surface area contributed by atoms with E-state index in [2.05, 4.69) is 0 Å². The van der Waals surface area contributed by atoms with Crippen LogP contribution in [0.5, 0.6) is 0 Å². The monoisotopic (exact) mass is 258 g/mol. The molecule has 1 unspecified atom stereocenters. The zero-order chi connectivity index (χ0) is 12.8. The second-order valence-electron chi connectivity index (χ2n) is 5.24. The standard InChI is InChI=1S/C12H18O6/c13-6-7(14)8-9-10(11(15)16-8)18-12(17-9)4-2-1-3-5-12/h7-10,13-14H,1-6H2/t7?,8-,9-,10-/m1/s1. The highest BCUT2D eigenvalue weighted by Gasteiger charge is 2.60. The lowest BCUT2D eigenvalue weighted by atomic mass is 9.94. The molecule has 0 aromatic rings. The van der Waals surface area contributed by atoms with Crippen LogP contribution in [0.15, 0.2) is 0 Å². The summed E-state index contributed by atoms with van der Waals surface area (Å²) < 4.78 is 16.7. The van der Waals surface area contributed by atoms with Crippen molar-refractivity contribution < 1.29 is 29.2 Å². The molecule has 6 nitrogen and oxygen atoms in total. The smallest absolute Gasteiger partial charge is 0.338 e. The fourth-order valence-corrected chi connectivity index (χ4v) is 3.05. The Bertz CT molecular complexity index is 337. The van der Waals surface area contributed by atoms with E-state index in [1.54, 1.807) is 0 Å². The SMILES string of the molecule is O=C1O[C@H](C(O)CO)[C@H]2OC3(CCCCC3)O[C@@H]12. The Morgan fingerprint density at radius 1 is 1.28 bits per heavy atom. The molecule has 0 aromatic carbocycles. The predicted octanol–water partition coefficient (Wildman–Crippen LogP) is -0.291. The minimum absolute atomic E-state index is 0.461. The van der Waals surface area contributed by atoms with E-state index in [0.717, 1.165) is 32.1 Å². The predicted molar refractivity (Wildman–Crippen MR) is 58.5 cm³/mol. The van der Waals surface area contributed by atoms with Crippen molar-refractivity contribution in [2.45, 2.75) is 62.3 Å². The zero-order valence-electron chi connectivity index (χ0n) is 10.1. The molecule has 3 aliphatic rings. The average molecular weight is 258 g/mol. The van der Waals surface area contributed by atoms with Gasteiger partial charge >= 0.3 is 5.97 Å². The average Bonchev–Trinajstić information content (AvgIpc) is 2.87. The Morgan fingerprint density at radius 2 is 2.00 bits per heavy atom. The van der Waals surface area contributed by atoms with Crippen LogP contribution in [0.3, 0.4) is 0 Å². The van der Waals surface area contributed by atoms with E-state index in [4.69, 9.17) is 19.3 Å². The molecule has 102 valence electrons. The third-order valence-corrected chi connectivity index (χ3v) is 3.98. The number of aliphatic hydroxyl groups excluding tert-OH is 2. The summed E-state index contributed by atoms with van der Waals surface area (Å²) in [6.07, 6.45) is 1.43. The molecule has 0 radical (unpaired) electrons. The second kappa shape index (κ2) is 4.45. The van der Waals surface area contributed by atoms with E-state index in [-0.39, 0.29) is 0 Å². The first-order valence-corrected chi connectivity index (χ1v) is 6.50. The molecule has 0 amide bonds. The Kier molecular flexibility index (Phi) is 3.05. The number of fused-ring (bicyclic) bond motifs is 1. The van der Waals surface area contributed by atoms with Crippen LogP contribution in [-0.4, -0.2) is 53.0 Å². The third-order valence-electron chi connectivity index (χ3n) is 3.98. The Morgan fingerprint density at radius 3 is 2.67 bits per heavy atom. The number of hydrogen-bond acceptors (Lipinski definition) is 6. The zero-order valence-corrected chi connectivity index (χ0v) is 10.1. The van der Waals surface area contributed by atoms with Crippen molar-refractivity contribution in [2.75, 3.05) is 6.61 Å². The summed E-state index contributed by atoms with van der Waals surface area (Å²) in [6.45, 7) is -0.461. The first-order chi connectivity index (χ1) is 8.65. The Balaban J connectivity index is 1.77. The highest BCUT2D eigenvalue weighted by atomic mass is 16.8. The van der Waals surface area contributed by atoms with E-state index in [9.17, 15) is 9.90 Å². The van der Waals surface area contributed by atoms with Gasteiger partial charge < -0.3 is 24.4 Å². The van der Waals surface area contributed by atoms with Gasteiger partial charge in [-0.25, -0.2) is 4.79 Å². The summed E-state index contributed by atoms with van der Waals surface area (Å²) in [4.78, 5) is 11.7. The van der Waals surface area contributed by atoms with Crippen LogP contribution >= 0.6 is 0 Å². The summed E-state index contributed by atoms with van der Waals surface area (Å²) >= 11 is 0. The van der Waals surface area contributed by atoms with E-state index in [1.807, 2.05) is 0 Å². The van der Waals surface area contributed by atoms with Crippen molar-refractivity contribution in [3.05, 3.63) is 0 Å². The van der Waals surface area contributed by atoms with Crippen molar-refractivity contribution in [2.24, 2.45) is 0 Å². The fraction of sp³-hybridized carbons (Fsp3) is 0.917. The van der Waals surface area contributed by atoms with Gasteiger partial charge in [-0.2, -0.15) is 0 Å². The molecule has 2 aliphatic heterocycles. The fourth-order valence-electron chi connectivity index (χ4n) is 3.05. The summed E-state index contributed by atoms with van der Waals surface area (Å²) in [5, 5.41) is 18.6. The molecule has 1 saturated carbocycles. The van der Waals surface area contributed by atoms with Gasteiger partial charge in [-0.05, 0) is 12.8 Å². The number of rotatable bonds is 2. The number of esters is 1. The maximum absolute atomic E-state index is 11.7. The first kappa shape index (κ1) is 12.3. The first-order valence-electron chi connectivity index (χ1n) is 6.50. The largest absolute Gasteiger partial charge is 0.455 e. The summed E-state index contributed by atoms with van der Waals surface area (Å²) in [6, 6.07) is 0. The number of carbonyl (C=O) groups excluding carboxylic acids is 1. The van der Waals surface area contributed by atoms with Gasteiger partial charge in [-0.1, -0.05) is 6.42 Å². The van der Waals surface area contributed by atoms with E-state index in [1.165, 1.54) is 0 Å². The number of carbonyl (C=O) groups is 1. The van der Waals surface area contributed by atoms with E-state index >= 15 is 0 Å². The van der Waals surface area contributed by atoms with Gasteiger partial charge in [0, 0.05) is 12.8 Å². The van der Waals surface area contributed by atoms with Crippen molar-refractivity contribution in [1.29, 1.82) is 0 Å². The van der Waals surface area contributed by atoms with Crippen LogP contribution in [0.1, 0.15) is 32.1 Å². The number of hydrogen-bond donors (Lipinski definition) is 2. The minimum atomic E-state index is -1.12. The topological polar surface area (TPSA) is 85.2 Å². The van der Waals surface area contributed by atoms with Crippen molar-refractivity contribution in [3.8, 4) is 0 Å². The molecule has 2 heterocycles. The molecule has 4 atom stereocenters. The molecule has 2 saturated heterocycles. The highest BCUT2D eigenvalue weighted by molar-refractivity contribution is 5.78. The van der Waals surface area contributed by atoms with Crippen LogP contribution in [-0.2, 0) is 19.0 Å². The molecular weight excluding hydrogens is 240 g/mol. The maximum atomic E-state index is 11.7. The normalized spacial score (nSPS) is 39.7. The quantitative estimate of drug-likeness (QED) is 0.662. The molecule has 2 N–H and O–H groups in total. The van der Waals surface area contributed by atoms with Crippen LogP contribution in [0.2, 0.25) is 0 Å².